The van der Waals surface area contributed by atoms with Gasteiger partial charge in [0.2, 0.25) is 0 Å². The molecule has 5 heteroatoms. The number of hydrogen-bond acceptors (Lipinski definition) is 4. The maximum absolute atomic E-state index is 11.8. The molecule has 0 fully saturated rings. The molecule has 0 aliphatic rings. The Balaban J connectivity index is 2.57. The van der Waals surface area contributed by atoms with Gasteiger partial charge in [-0.15, -0.1) is 0 Å². The first kappa shape index (κ1) is 13.5. The number of rotatable bonds is 4. The molecule has 1 atom stereocenters. The number of nitrogens with zero attached hydrogens (tertiary/aromatic N) is 3. The first-order valence-corrected chi connectivity index (χ1v) is 6.23. The minimum atomic E-state index is -0.382. The minimum Gasteiger partial charge on any atom is -0.467 e. The lowest BCUT2D eigenvalue weighted by atomic mass is 10.2. The highest BCUT2D eigenvalue weighted by atomic mass is 16.5. The Hall–Kier alpha value is -1.88. The van der Waals surface area contributed by atoms with Crippen LogP contribution in [0, 0.1) is 0 Å². The van der Waals surface area contributed by atoms with Gasteiger partial charge in [-0.3, -0.25) is 0 Å². The third-order valence-electron chi connectivity index (χ3n) is 3.06. The van der Waals surface area contributed by atoms with Crippen molar-refractivity contribution in [2.24, 2.45) is 0 Å². The molecule has 1 aromatic heterocycles. The summed E-state index contributed by atoms with van der Waals surface area (Å²) in [7, 11) is 5.36. The van der Waals surface area contributed by atoms with Crippen molar-refractivity contribution < 1.29 is 9.53 Å². The largest absolute Gasteiger partial charge is 0.467 e. The Labute approximate surface area is 112 Å². The fourth-order valence-corrected chi connectivity index (χ4v) is 2.20. The Morgan fingerprint density at radius 1 is 1.42 bits per heavy atom. The van der Waals surface area contributed by atoms with E-state index in [0.717, 1.165) is 16.9 Å². The second-order valence-corrected chi connectivity index (χ2v) is 4.82. The van der Waals surface area contributed by atoms with Gasteiger partial charge in [0.1, 0.15) is 11.9 Å². The zero-order valence-electron chi connectivity index (χ0n) is 11.8. The molecule has 0 saturated heterocycles. The molecular formula is C14H19N3O2. The van der Waals surface area contributed by atoms with Gasteiger partial charge in [-0.25, -0.2) is 9.78 Å². The van der Waals surface area contributed by atoms with Crippen LogP contribution in [0.5, 0.6) is 0 Å². The van der Waals surface area contributed by atoms with Gasteiger partial charge in [0.15, 0.2) is 0 Å². The van der Waals surface area contributed by atoms with Crippen molar-refractivity contribution in [2.75, 3.05) is 21.2 Å². The van der Waals surface area contributed by atoms with E-state index in [1.807, 2.05) is 54.8 Å². The van der Waals surface area contributed by atoms with Gasteiger partial charge in [-0.05, 0) is 33.2 Å². The smallest absolute Gasteiger partial charge is 0.328 e. The summed E-state index contributed by atoms with van der Waals surface area (Å²) in [4.78, 5) is 18.4. The van der Waals surface area contributed by atoms with Crippen LogP contribution in [-0.4, -0.2) is 41.6 Å². The number of para-hydroxylation sites is 2. The molecule has 102 valence electrons. The molecule has 2 aromatic rings. The third kappa shape index (κ3) is 2.61. The van der Waals surface area contributed by atoms with Gasteiger partial charge < -0.3 is 14.2 Å². The maximum Gasteiger partial charge on any atom is 0.328 e. The van der Waals surface area contributed by atoms with Gasteiger partial charge in [0.25, 0.3) is 0 Å². The average Bonchev–Trinajstić information content (AvgIpc) is 2.73. The lowest BCUT2D eigenvalue weighted by molar-refractivity contribution is -0.144. The van der Waals surface area contributed by atoms with Crippen molar-refractivity contribution in [2.45, 2.75) is 19.5 Å². The van der Waals surface area contributed by atoms with Gasteiger partial charge >= 0.3 is 5.97 Å². The quantitative estimate of drug-likeness (QED) is 0.788. The van der Waals surface area contributed by atoms with Crippen molar-refractivity contribution in [3.63, 3.8) is 0 Å². The van der Waals surface area contributed by atoms with E-state index in [4.69, 9.17) is 4.74 Å². The molecule has 0 amide bonds. The molecule has 0 radical (unpaired) electrons. The van der Waals surface area contributed by atoms with E-state index in [2.05, 4.69) is 4.98 Å². The van der Waals surface area contributed by atoms with E-state index in [1.165, 1.54) is 7.11 Å². The Morgan fingerprint density at radius 3 is 2.74 bits per heavy atom. The van der Waals surface area contributed by atoms with Crippen LogP contribution in [0.15, 0.2) is 24.3 Å². The summed E-state index contributed by atoms with van der Waals surface area (Å²) in [5.41, 5.74) is 1.85. The second-order valence-electron chi connectivity index (χ2n) is 4.82. The molecule has 1 heterocycles. The number of aromatic nitrogens is 2. The normalized spacial score (nSPS) is 12.9. The molecule has 2 rings (SSSR count). The summed E-state index contributed by atoms with van der Waals surface area (Å²) >= 11 is 0. The highest BCUT2D eigenvalue weighted by Crippen LogP contribution is 2.22. The highest BCUT2D eigenvalue weighted by molar-refractivity contribution is 5.81. The molecule has 5 nitrogen and oxygen atoms in total. The summed E-state index contributed by atoms with van der Waals surface area (Å²) in [5, 5.41) is 0. The molecule has 1 unspecified atom stereocenters. The van der Waals surface area contributed by atoms with Crippen molar-refractivity contribution in [3.05, 3.63) is 30.1 Å². The van der Waals surface area contributed by atoms with Crippen molar-refractivity contribution in [1.82, 2.24) is 14.5 Å². The topological polar surface area (TPSA) is 47.4 Å². The standard InChI is InChI=1S/C14H19N3O2/c1-10(14(18)19-4)17-12-8-6-5-7-11(12)15-13(17)9-16(2)3/h5-8,10H,9H2,1-4H3. The Bertz CT molecular complexity index is 589. The fraction of sp³-hybridized carbons (Fsp3) is 0.429. The number of imidazole rings is 1. The van der Waals surface area contributed by atoms with Gasteiger partial charge in [0, 0.05) is 0 Å². The zero-order valence-corrected chi connectivity index (χ0v) is 11.8. The Morgan fingerprint density at radius 2 is 2.11 bits per heavy atom. The molecule has 1 aromatic carbocycles. The number of methoxy groups -OCH3 is 1. The SMILES string of the molecule is COC(=O)C(C)n1c(CN(C)C)nc2ccccc21. The van der Waals surface area contributed by atoms with Crippen LogP contribution in [-0.2, 0) is 16.1 Å². The lowest BCUT2D eigenvalue weighted by Crippen LogP contribution is -2.22. The highest BCUT2D eigenvalue weighted by Gasteiger charge is 2.21. The van der Waals surface area contributed by atoms with Crippen LogP contribution in [0.2, 0.25) is 0 Å². The van der Waals surface area contributed by atoms with Crippen molar-refractivity contribution in [3.8, 4) is 0 Å². The van der Waals surface area contributed by atoms with Crippen LogP contribution in [0.25, 0.3) is 11.0 Å². The average molecular weight is 261 g/mol. The van der Waals surface area contributed by atoms with E-state index < -0.39 is 0 Å². The number of benzene rings is 1. The van der Waals surface area contributed by atoms with Crippen LogP contribution in [0.1, 0.15) is 18.8 Å². The summed E-state index contributed by atoms with van der Waals surface area (Å²) in [6.07, 6.45) is 0. The molecular weight excluding hydrogens is 242 g/mol. The van der Waals surface area contributed by atoms with Crippen LogP contribution in [0.4, 0.5) is 0 Å². The van der Waals surface area contributed by atoms with Crippen LogP contribution >= 0.6 is 0 Å². The molecule has 0 bridgehead atoms. The summed E-state index contributed by atoms with van der Waals surface area (Å²) in [6, 6.07) is 7.44. The van der Waals surface area contributed by atoms with E-state index in [-0.39, 0.29) is 12.0 Å². The van der Waals surface area contributed by atoms with Crippen LogP contribution < -0.4 is 0 Å². The van der Waals surface area contributed by atoms with E-state index in [0.29, 0.717) is 6.54 Å². The minimum absolute atomic E-state index is 0.261. The summed E-state index contributed by atoms with van der Waals surface area (Å²) < 4.78 is 6.79. The first-order chi connectivity index (χ1) is 9.04. The number of fused-ring (bicyclic) bond motifs is 1. The summed E-state index contributed by atoms with van der Waals surface area (Å²) in [6.45, 7) is 2.51. The fourth-order valence-electron chi connectivity index (χ4n) is 2.20. The number of carbonyl (C=O) groups is 1. The molecule has 0 aliphatic heterocycles. The molecule has 0 N–H and O–H groups in total. The Kier molecular flexibility index (Phi) is 3.85. The second kappa shape index (κ2) is 5.40. The maximum atomic E-state index is 11.8. The molecule has 19 heavy (non-hydrogen) atoms. The van der Waals surface area contributed by atoms with E-state index in [9.17, 15) is 4.79 Å². The predicted octanol–water partition coefficient (Wildman–Crippen LogP) is 1.83. The lowest BCUT2D eigenvalue weighted by Gasteiger charge is -2.17. The number of ether oxygens (including phenoxy) is 1. The summed E-state index contributed by atoms with van der Waals surface area (Å²) in [5.74, 6) is 0.604. The van der Waals surface area contributed by atoms with E-state index in [1.54, 1.807) is 0 Å². The molecule has 0 spiro atoms. The third-order valence-corrected chi connectivity index (χ3v) is 3.06. The van der Waals surface area contributed by atoms with Gasteiger partial charge in [0.05, 0.1) is 24.7 Å². The van der Waals surface area contributed by atoms with E-state index >= 15 is 0 Å². The molecule has 0 saturated carbocycles. The predicted molar refractivity (Wildman–Crippen MR) is 73.9 cm³/mol. The number of esters is 1. The van der Waals surface area contributed by atoms with Gasteiger partial charge in [-0.2, -0.15) is 0 Å². The first-order valence-electron chi connectivity index (χ1n) is 6.23. The molecule has 0 aliphatic carbocycles. The van der Waals surface area contributed by atoms with Crippen molar-refractivity contribution >= 4 is 17.0 Å². The van der Waals surface area contributed by atoms with Gasteiger partial charge in [-0.1, -0.05) is 12.1 Å². The number of hydrogen-bond donors (Lipinski definition) is 0. The monoisotopic (exact) mass is 261 g/mol. The van der Waals surface area contributed by atoms with Crippen molar-refractivity contribution in [1.29, 1.82) is 0 Å². The van der Waals surface area contributed by atoms with Crippen LogP contribution in [0.3, 0.4) is 0 Å². The zero-order chi connectivity index (χ0) is 14.0. The number of carbonyl (C=O) groups excluding carboxylic acids is 1.